The Bertz CT molecular complexity index is 1290. The van der Waals surface area contributed by atoms with Crippen molar-refractivity contribution in [2.45, 2.75) is 67.2 Å². The Morgan fingerprint density at radius 3 is 1.80 bits per heavy atom. The van der Waals surface area contributed by atoms with Crippen molar-refractivity contribution < 1.29 is 24.2 Å². The van der Waals surface area contributed by atoms with Gasteiger partial charge in [-0.2, -0.15) is 113 Å². The van der Waals surface area contributed by atoms with Crippen LogP contribution in [-0.4, -0.2) is 4.21 Å². The van der Waals surface area contributed by atoms with E-state index >= 15 is 0 Å². The molecule has 0 fully saturated rings. The third kappa shape index (κ3) is 15.1. The zero-order valence-electron chi connectivity index (χ0n) is 27.2. The van der Waals surface area contributed by atoms with Crippen LogP contribution in [0.4, 0.5) is 0 Å². The van der Waals surface area contributed by atoms with E-state index < -0.39 is 0 Å². The van der Waals surface area contributed by atoms with Crippen LogP contribution >= 0.6 is 24.8 Å². The Hall–Kier alpha value is -2.31. The van der Waals surface area contributed by atoms with Gasteiger partial charge in [0.15, 0.2) is 0 Å². The summed E-state index contributed by atoms with van der Waals surface area (Å²) in [5.74, 6) is 0.592. The normalized spacial score (nSPS) is 13.0. The summed E-state index contributed by atoms with van der Waals surface area (Å²) in [6.45, 7) is 13.2. The first-order valence-electron chi connectivity index (χ1n) is 14.9. The number of hydrogen-bond donors (Lipinski definition) is 0. The Morgan fingerprint density at radius 1 is 0.773 bits per heavy atom. The van der Waals surface area contributed by atoms with Crippen LogP contribution < -0.4 is 0 Å². The van der Waals surface area contributed by atoms with Gasteiger partial charge in [0.05, 0.1) is 0 Å². The Morgan fingerprint density at radius 2 is 1.32 bits per heavy atom. The Kier molecular flexibility index (Phi) is 21.9. The molecule has 0 radical (unpaired) electrons. The minimum atomic E-state index is 0. The zero-order valence-corrected chi connectivity index (χ0v) is 31.3. The molecule has 0 aromatic heterocycles. The fourth-order valence-corrected chi connectivity index (χ4v) is 4.51. The zero-order chi connectivity index (χ0) is 30.8. The summed E-state index contributed by atoms with van der Waals surface area (Å²) in [6, 6.07) is 39.7. The van der Waals surface area contributed by atoms with Gasteiger partial charge < -0.3 is 0 Å². The standard InChI is InChI=1S/C13H9.C13H21.2C7H7.CH2.2ClH.Zr/c1-3-7-12-10(5-1)9-11-6-2-4-8-13(11)12;1-5-6-7-11-8-9-12(10-11)13(2,3)4;2*1-7-5-3-2-4-6-7;;;;/h1-5,7-8H,9H2;9-11H,5-7H2,1-4H3;2*3-6H,1H3;1H2;2*1H;/q4*-1;;;;. The van der Waals surface area contributed by atoms with Crippen LogP contribution in [0.25, 0.3) is 11.1 Å². The summed E-state index contributed by atoms with van der Waals surface area (Å²) < 4.78 is 3.34. The second-order valence-corrected chi connectivity index (χ2v) is 11.5. The maximum Gasteiger partial charge on any atom is -0.0253 e. The molecule has 3 heteroatoms. The molecule has 4 aromatic rings. The van der Waals surface area contributed by atoms with E-state index in [-0.39, 0.29) is 24.8 Å². The molecule has 1 atom stereocenters. The first-order valence-corrected chi connectivity index (χ1v) is 16.6. The maximum absolute atomic E-state index is 3.43. The summed E-state index contributed by atoms with van der Waals surface area (Å²) in [5, 5.41) is 0. The third-order valence-electron chi connectivity index (χ3n) is 6.95. The smallest absolute Gasteiger partial charge is 0.0253 e. The van der Waals surface area contributed by atoms with Gasteiger partial charge in [-0.3, -0.25) is 6.08 Å². The molecule has 1 unspecified atom stereocenters. The Labute approximate surface area is 296 Å². The molecule has 2 aliphatic carbocycles. The van der Waals surface area contributed by atoms with E-state index in [4.69, 9.17) is 0 Å². The van der Waals surface area contributed by atoms with Crippen molar-refractivity contribution in [2.24, 2.45) is 11.3 Å². The number of allylic oxidation sites excluding steroid dienone is 4. The molecule has 0 amide bonds. The van der Waals surface area contributed by atoms with Crippen LogP contribution in [0.1, 0.15) is 69.2 Å². The second-order valence-electron chi connectivity index (χ2n) is 11.5. The summed E-state index contributed by atoms with van der Waals surface area (Å²) in [5.41, 5.74) is 9.84. The number of rotatable bonds is 3. The Balaban J connectivity index is 0.000000561. The van der Waals surface area contributed by atoms with E-state index in [1.807, 2.05) is 54.6 Å². The van der Waals surface area contributed by atoms with Crippen LogP contribution in [0.15, 0.2) is 109 Å². The van der Waals surface area contributed by atoms with Gasteiger partial charge in [0.1, 0.15) is 0 Å². The van der Waals surface area contributed by atoms with Crippen LogP contribution in [0, 0.1) is 49.5 Å². The van der Waals surface area contributed by atoms with Crippen molar-refractivity contribution in [1.82, 2.24) is 0 Å². The number of hydrogen-bond acceptors (Lipinski definition) is 0. The molecule has 0 heterocycles. The molecule has 0 spiro atoms. The summed E-state index contributed by atoms with van der Waals surface area (Å²) in [7, 11) is 0. The van der Waals surface area contributed by atoms with Gasteiger partial charge in [-0.1, -0.05) is 108 Å². The monoisotopic (exact) mass is 700 g/mol. The summed E-state index contributed by atoms with van der Waals surface area (Å²) >= 11 is 1.30. The predicted octanol–water partition coefficient (Wildman–Crippen LogP) is 11.6. The van der Waals surface area contributed by atoms with E-state index in [0.29, 0.717) is 11.3 Å². The van der Waals surface area contributed by atoms with Crippen molar-refractivity contribution in [3.63, 3.8) is 0 Å². The molecular weight excluding hydrogens is 655 g/mol. The third-order valence-corrected chi connectivity index (χ3v) is 6.95. The topological polar surface area (TPSA) is 0 Å². The van der Waals surface area contributed by atoms with E-state index in [9.17, 15) is 0 Å². The molecular formula is C41H48Cl2Zr-4. The molecule has 0 aliphatic heterocycles. The van der Waals surface area contributed by atoms with Crippen molar-refractivity contribution in [1.29, 1.82) is 0 Å². The molecule has 0 bridgehead atoms. The van der Waals surface area contributed by atoms with E-state index in [1.165, 1.54) is 82.5 Å². The minimum Gasteiger partial charge on any atom is -0.179 e. The SMILES string of the molecule is CCCCC1[C-]=CC(C(C)(C)C)=C1.Cc1cc[c-]cc1.Cc1cc[c-]cc1.Cl.Cl.[CH2]=[Zr].[c-]1cccc2c1Cc1ccccc1-2. The molecule has 234 valence electrons. The van der Waals surface area contributed by atoms with E-state index in [1.54, 1.807) is 0 Å². The van der Waals surface area contributed by atoms with Gasteiger partial charge in [0.2, 0.25) is 0 Å². The van der Waals surface area contributed by atoms with Gasteiger partial charge in [0, 0.05) is 0 Å². The van der Waals surface area contributed by atoms with Gasteiger partial charge in [-0.05, 0) is 6.42 Å². The fraction of sp³-hybridized carbons (Fsp3) is 0.293. The van der Waals surface area contributed by atoms with Gasteiger partial charge in [-0.15, -0.1) is 30.4 Å². The number of fused-ring (bicyclic) bond motifs is 3. The average molecular weight is 703 g/mol. The molecule has 0 saturated heterocycles. The summed E-state index contributed by atoms with van der Waals surface area (Å²) in [4.78, 5) is 0. The maximum atomic E-state index is 3.43. The van der Waals surface area contributed by atoms with E-state index in [2.05, 4.69) is 119 Å². The molecule has 2 aliphatic rings. The number of benzene rings is 4. The fourth-order valence-electron chi connectivity index (χ4n) is 4.51. The van der Waals surface area contributed by atoms with Crippen LogP contribution in [0.5, 0.6) is 0 Å². The average Bonchev–Trinajstić information content (AvgIpc) is 3.64. The number of unbranched alkanes of at least 4 members (excludes halogenated alkanes) is 1. The van der Waals surface area contributed by atoms with Crippen LogP contribution in [0.2, 0.25) is 0 Å². The predicted molar refractivity (Wildman–Crippen MR) is 194 cm³/mol. The molecule has 0 N–H and O–H groups in total. The van der Waals surface area contributed by atoms with Gasteiger partial charge in [0.25, 0.3) is 0 Å². The van der Waals surface area contributed by atoms with Crippen molar-refractivity contribution in [3.05, 3.63) is 155 Å². The first-order chi connectivity index (χ1) is 20.3. The van der Waals surface area contributed by atoms with Crippen LogP contribution in [0.3, 0.4) is 0 Å². The van der Waals surface area contributed by atoms with E-state index in [0.717, 1.165) is 6.42 Å². The molecule has 0 nitrogen and oxygen atoms in total. The first kappa shape index (κ1) is 41.7. The number of halogens is 2. The summed E-state index contributed by atoms with van der Waals surface area (Å²) in [6.07, 6.45) is 12.9. The number of aryl methyl sites for hydroxylation is 2. The van der Waals surface area contributed by atoms with Crippen molar-refractivity contribution >= 4 is 29.0 Å². The largest absolute Gasteiger partial charge is 0.179 e. The molecule has 4 aromatic carbocycles. The minimum absolute atomic E-state index is 0. The van der Waals surface area contributed by atoms with Crippen molar-refractivity contribution in [3.8, 4) is 11.1 Å². The van der Waals surface area contributed by atoms with Gasteiger partial charge >= 0.3 is 28.4 Å². The van der Waals surface area contributed by atoms with Crippen LogP contribution in [-0.2, 0) is 30.7 Å². The molecule has 44 heavy (non-hydrogen) atoms. The molecule has 0 saturated carbocycles. The van der Waals surface area contributed by atoms with Gasteiger partial charge in [-0.25, -0.2) is 6.08 Å². The van der Waals surface area contributed by atoms with Crippen molar-refractivity contribution in [2.75, 3.05) is 0 Å². The molecule has 6 rings (SSSR count). The quantitative estimate of drug-likeness (QED) is 0.164. The second kappa shape index (κ2) is 23.1.